The Balaban J connectivity index is 0.00000364. The lowest BCUT2D eigenvalue weighted by molar-refractivity contribution is 0.186. The van der Waals surface area contributed by atoms with Crippen molar-refractivity contribution in [1.82, 2.24) is 15.5 Å². The van der Waals surface area contributed by atoms with Crippen molar-refractivity contribution in [3.05, 3.63) is 30.1 Å². The standard InChI is InChI=1S/C20H33FN4O.HI/c1-15(2)14-25-11-9-18(10-12-25)24-20(22-4)23-13-16(3)26-19-7-5-17(21)6-8-19;/h5-8,15-16,18H,9-14H2,1-4H3,(H2,22,23,24);1H. The van der Waals surface area contributed by atoms with Crippen LogP contribution in [0, 0.1) is 11.7 Å². The van der Waals surface area contributed by atoms with Crippen molar-refractivity contribution < 1.29 is 9.13 Å². The molecule has 7 heteroatoms. The van der Waals surface area contributed by atoms with Gasteiger partial charge < -0.3 is 20.3 Å². The average molecular weight is 492 g/mol. The Kier molecular flexibility index (Phi) is 11.0. The third-order valence-electron chi connectivity index (χ3n) is 4.48. The first-order chi connectivity index (χ1) is 12.5. The van der Waals surface area contributed by atoms with Crippen molar-refractivity contribution >= 4 is 29.9 Å². The second-order valence-corrected chi connectivity index (χ2v) is 7.45. The molecule has 0 aromatic heterocycles. The van der Waals surface area contributed by atoms with Crippen molar-refractivity contribution in [2.45, 2.75) is 45.8 Å². The van der Waals surface area contributed by atoms with E-state index in [0.29, 0.717) is 18.3 Å². The van der Waals surface area contributed by atoms with E-state index in [4.69, 9.17) is 4.74 Å². The minimum Gasteiger partial charge on any atom is -0.489 e. The van der Waals surface area contributed by atoms with E-state index in [0.717, 1.165) is 37.8 Å². The molecule has 1 atom stereocenters. The van der Waals surface area contributed by atoms with E-state index in [1.54, 1.807) is 19.2 Å². The largest absolute Gasteiger partial charge is 0.489 e. The van der Waals surface area contributed by atoms with Crippen molar-refractivity contribution in [1.29, 1.82) is 0 Å². The molecule has 1 aliphatic heterocycles. The molecule has 1 aromatic carbocycles. The monoisotopic (exact) mass is 492 g/mol. The number of nitrogens with zero attached hydrogens (tertiary/aromatic N) is 2. The molecule has 1 heterocycles. The lowest BCUT2D eigenvalue weighted by atomic mass is 10.0. The number of ether oxygens (including phenoxy) is 1. The molecular weight excluding hydrogens is 458 g/mol. The van der Waals surface area contributed by atoms with Crippen molar-refractivity contribution in [2.24, 2.45) is 10.9 Å². The highest BCUT2D eigenvalue weighted by Gasteiger charge is 2.20. The van der Waals surface area contributed by atoms with Crippen molar-refractivity contribution in [3.8, 4) is 5.75 Å². The van der Waals surface area contributed by atoms with Gasteiger partial charge in [-0.2, -0.15) is 0 Å². The maximum Gasteiger partial charge on any atom is 0.191 e. The van der Waals surface area contributed by atoms with Crippen LogP contribution >= 0.6 is 24.0 Å². The van der Waals surface area contributed by atoms with Crippen LogP contribution in [-0.2, 0) is 0 Å². The van der Waals surface area contributed by atoms with Gasteiger partial charge in [0, 0.05) is 32.7 Å². The summed E-state index contributed by atoms with van der Waals surface area (Å²) in [6, 6.07) is 6.55. The number of aliphatic imine (C=N–C) groups is 1. The Morgan fingerprint density at radius 3 is 2.41 bits per heavy atom. The fourth-order valence-electron chi connectivity index (χ4n) is 3.19. The summed E-state index contributed by atoms with van der Waals surface area (Å²) in [5, 5.41) is 6.83. The molecule has 2 rings (SSSR count). The SMILES string of the molecule is CN=C(NCC(C)Oc1ccc(F)cc1)NC1CCN(CC(C)C)CC1.I. The number of likely N-dealkylation sites (tertiary alicyclic amines) is 1. The van der Waals surface area contributed by atoms with Crippen LogP contribution in [0.3, 0.4) is 0 Å². The average Bonchev–Trinajstić information content (AvgIpc) is 2.61. The van der Waals surface area contributed by atoms with E-state index in [1.807, 2.05) is 6.92 Å². The maximum absolute atomic E-state index is 12.9. The van der Waals surface area contributed by atoms with Gasteiger partial charge in [-0.25, -0.2) is 4.39 Å². The van der Waals surface area contributed by atoms with Crippen molar-refractivity contribution in [2.75, 3.05) is 33.2 Å². The summed E-state index contributed by atoms with van der Waals surface area (Å²) >= 11 is 0. The fraction of sp³-hybridized carbons (Fsp3) is 0.650. The molecule has 1 aromatic rings. The highest BCUT2D eigenvalue weighted by Crippen LogP contribution is 2.13. The Hall–Kier alpha value is -1.09. The molecule has 5 nitrogen and oxygen atoms in total. The molecule has 0 amide bonds. The zero-order chi connectivity index (χ0) is 18.9. The van der Waals surface area contributed by atoms with Gasteiger partial charge in [0.2, 0.25) is 0 Å². The van der Waals surface area contributed by atoms with Gasteiger partial charge >= 0.3 is 0 Å². The van der Waals surface area contributed by atoms with Gasteiger partial charge in [-0.1, -0.05) is 13.8 Å². The molecule has 1 fully saturated rings. The van der Waals surface area contributed by atoms with Gasteiger partial charge in [-0.3, -0.25) is 4.99 Å². The Labute approximate surface area is 180 Å². The molecule has 0 spiro atoms. The molecule has 1 aliphatic rings. The second kappa shape index (κ2) is 12.4. The quantitative estimate of drug-likeness (QED) is 0.348. The number of guanidine groups is 1. The molecule has 1 saturated heterocycles. The zero-order valence-corrected chi connectivity index (χ0v) is 19.2. The number of benzene rings is 1. The predicted molar refractivity (Wildman–Crippen MR) is 121 cm³/mol. The van der Waals surface area contributed by atoms with E-state index < -0.39 is 0 Å². The first kappa shape index (κ1) is 23.9. The number of rotatable bonds is 7. The molecule has 154 valence electrons. The Bertz CT molecular complexity index is 560. The summed E-state index contributed by atoms with van der Waals surface area (Å²) < 4.78 is 18.7. The van der Waals surface area contributed by atoms with Crippen LogP contribution in [-0.4, -0.2) is 56.2 Å². The molecule has 0 radical (unpaired) electrons. The van der Waals surface area contributed by atoms with E-state index in [1.165, 1.54) is 18.7 Å². The van der Waals surface area contributed by atoms with E-state index >= 15 is 0 Å². The zero-order valence-electron chi connectivity index (χ0n) is 16.9. The highest BCUT2D eigenvalue weighted by molar-refractivity contribution is 14.0. The molecule has 0 aliphatic carbocycles. The van der Waals surface area contributed by atoms with Crippen LogP contribution < -0.4 is 15.4 Å². The second-order valence-electron chi connectivity index (χ2n) is 7.45. The summed E-state index contributed by atoms with van der Waals surface area (Å²) in [5.41, 5.74) is 0. The van der Waals surface area contributed by atoms with E-state index in [2.05, 4.69) is 34.4 Å². The minimum atomic E-state index is -0.257. The van der Waals surface area contributed by atoms with Gasteiger partial charge in [0.1, 0.15) is 17.7 Å². The summed E-state index contributed by atoms with van der Waals surface area (Å²) in [6.45, 7) is 10.6. The normalized spacial score (nSPS) is 17.3. The third kappa shape index (κ3) is 9.10. The van der Waals surface area contributed by atoms with Gasteiger partial charge in [-0.05, 0) is 49.9 Å². The Morgan fingerprint density at radius 2 is 1.85 bits per heavy atom. The molecular formula is C20H34FIN4O. The van der Waals surface area contributed by atoms with Gasteiger partial charge in [0.15, 0.2) is 5.96 Å². The smallest absolute Gasteiger partial charge is 0.191 e. The first-order valence-electron chi connectivity index (χ1n) is 9.58. The van der Waals surface area contributed by atoms with Crippen LogP contribution in [0.25, 0.3) is 0 Å². The van der Waals surface area contributed by atoms with E-state index in [-0.39, 0.29) is 35.9 Å². The van der Waals surface area contributed by atoms with Gasteiger partial charge in [0.25, 0.3) is 0 Å². The number of hydrogen-bond acceptors (Lipinski definition) is 3. The summed E-state index contributed by atoms with van der Waals surface area (Å²) in [6.07, 6.45) is 2.22. The molecule has 2 N–H and O–H groups in total. The lowest BCUT2D eigenvalue weighted by Crippen LogP contribution is -2.50. The van der Waals surface area contributed by atoms with Crippen LogP contribution in [0.1, 0.15) is 33.6 Å². The van der Waals surface area contributed by atoms with Crippen molar-refractivity contribution in [3.63, 3.8) is 0 Å². The van der Waals surface area contributed by atoms with Crippen LogP contribution in [0.2, 0.25) is 0 Å². The lowest BCUT2D eigenvalue weighted by Gasteiger charge is -2.34. The fourth-order valence-corrected chi connectivity index (χ4v) is 3.19. The number of hydrogen-bond donors (Lipinski definition) is 2. The maximum atomic E-state index is 12.9. The Morgan fingerprint density at radius 1 is 1.22 bits per heavy atom. The molecule has 1 unspecified atom stereocenters. The number of piperidine rings is 1. The highest BCUT2D eigenvalue weighted by atomic mass is 127. The number of nitrogens with one attached hydrogen (secondary N) is 2. The van der Waals surface area contributed by atoms with Gasteiger partial charge in [0.05, 0.1) is 6.54 Å². The van der Waals surface area contributed by atoms with Crippen LogP contribution in [0.4, 0.5) is 4.39 Å². The third-order valence-corrected chi connectivity index (χ3v) is 4.48. The minimum absolute atomic E-state index is 0. The summed E-state index contributed by atoms with van der Waals surface area (Å²) in [5.74, 6) is 1.94. The molecule has 27 heavy (non-hydrogen) atoms. The number of halogens is 2. The van der Waals surface area contributed by atoms with E-state index in [9.17, 15) is 4.39 Å². The predicted octanol–water partition coefficient (Wildman–Crippen LogP) is 3.50. The first-order valence-corrected chi connectivity index (χ1v) is 9.58. The van der Waals surface area contributed by atoms with Gasteiger partial charge in [-0.15, -0.1) is 24.0 Å². The molecule has 0 bridgehead atoms. The summed E-state index contributed by atoms with van der Waals surface area (Å²) in [7, 11) is 1.79. The summed E-state index contributed by atoms with van der Waals surface area (Å²) in [4.78, 5) is 6.86. The van der Waals surface area contributed by atoms with Crippen LogP contribution in [0.5, 0.6) is 5.75 Å². The topological polar surface area (TPSA) is 48.9 Å². The van der Waals surface area contributed by atoms with Crippen LogP contribution in [0.15, 0.2) is 29.3 Å². The molecule has 0 saturated carbocycles.